The van der Waals surface area contributed by atoms with E-state index in [-0.39, 0.29) is 6.10 Å². The molecule has 1 atom stereocenters. The number of β-amino-alcohol motifs (C(OH)–C–C–N with tert-alkyl or cyclic N) is 1. The van der Waals surface area contributed by atoms with Crippen LogP contribution in [-0.2, 0) is 17.7 Å². The summed E-state index contributed by atoms with van der Waals surface area (Å²) in [7, 11) is 1.96. The number of morpholine rings is 1. The smallest absolute Gasteiger partial charge is 0.226 e. The monoisotopic (exact) mass is 298 g/mol. The summed E-state index contributed by atoms with van der Waals surface area (Å²) in [6.45, 7) is 7.25. The largest absolute Gasteiger partial charge is 0.390 e. The first-order valence-electron chi connectivity index (χ1n) is 7.65. The molecule has 1 saturated heterocycles. The van der Waals surface area contributed by atoms with Crippen molar-refractivity contribution in [1.82, 2.24) is 19.9 Å². The van der Waals surface area contributed by atoms with Crippen molar-refractivity contribution in [2.75, 3.05) is 46.4 Å². The van der Waals surface area contributed by atoms with Crippen LogP contribution in [0.4, 0.5) is 0 Å². The first-order chi connectivity index (χ1) is 10.2. The Kier molecular flexibility index (Phi) is 6.56. The second-order valence-corrected chi connectivity index (χ2v) is 5.62. The van der Waals surface area contributed by atoms with Crippen molar-refractivity contribution in [3.63, 3.8) is 0 Å². The summed E-state index contributed by atoms with van der Waals surface area (Å²) in [4.78, 5) is 8.59. The van der Waals surface area contributed by atoms with E-state index in [2.05, 4.69) is 22.0 Å². The maximum atomic E-state index is 10.2. The maximum Gasteiger partial charge on any atom is 0.226 e. The van der Waals surface area contributed by atoms with E-state index in [0.717, 1.165) is 39.1 Å². The number of likely N-dealkylation sites (N-methyl/N-ethyl adjacent to an activating group) is 1. The summed E-state index contributed by atoms with van der Waals surface area (Å²) in [6, 6.07) is 0. The molecule has 0 bridgehead atoms. The molecular weight excluding hydrogens is 272 g/mol. The molecule has 1 N–H and O–H groups in total. The molecule has 1 aliphatic rings. The highest BCUT2D eigenvalue weighted by molar-refractivity contribution is 4.86. The second kappa shape index (κ2) is 8.43. The number of aliphatic hydroxyl groups is 1. The molecule has 7 nitrogen and oxygen atoms in total. The fraction of sp³-hybridized carbons (Fsp3) is 0.857. The molecule has 0 spiro atoms. The summed E-state index contributed by atoms with van der Waals surface area (Å²) in [5.74, 6) is 1.37. The van der Waals surface area contributed by atoms with Gasteiger partial charge in [-0.3, -0.25) is 9.80 Å². The normalized spacial score (nSPS) is 18.3. The van der Waals surface area contributed by atoms with E-state index in [1.165, 1.54) is 0 Å². The first-order valence-corrected chi connectivity index (χ1v) is 7.65. The number of hydrogen-bond acceptors (Lipinski definition) is 7. The molecule has 120 valence electrons. The van der Waals surface area contributed by atoms with Gasteiger partial charge in [0.25, 0.3) is 0 Å². The van der Waals surface area contributed by atoms with E-state index in [0.29, 0.717) is 31.3 Å². The molecule has 7 heteroatoms. The van der Waals surface area contributed by atoms with Crippen LogP contribution in [0, 0.1) is 0 Å². The van der Waals surface area contributed by atoms with Crippen molar-refractivity contribution < 1.29 is 14.4 Å². The van der Waals surface area contributed by atoms with E-state index in [1.807, 2.05) is 11.9 Å². The number of aliphatic hydroxyl groups excluding tert-OH is 1. The third-order valence-electron chi connectivity index (χ3n) is 3.48. The Labute approximate surface area is 125 Å². The van der Waals surface area contributed by atoms with Gasteiger partial charge in [0.1, 0.15) is 0 Å². The molecular formula is C14H26N4O3. The van der Waals surface area contributed by atoms with Gasteiger partial charge in [-0.15, -0.1) is 0 Å². The molecule has 1 unspecified atom stereocenters. The molecule has 21 heavy (non-hydrogen) atoms. The maximum absolute atomic E-state index is 10.2. The number of hydrogen-bond donors (Lipinski definition) is 1. The van der Waals surface area contributed by atoms with Crippen LogP contribution in [0.2, 0.25) is 0 Å². The Morgan fingerprint density at radius 3 is 2.86 bits per heavy atom. The van der Waals surface area contributed by atoms with Gasteiger partial charge < -0.3 is 14.4 Å². The Morgan fingerprint density at radius 2 is 2.14 bits per heavy atom. The van der Waals surface area contributed by atoms with Gasteiger partial charge in [-0.1, -0.05) is 12.1 Å². The Bertz CT molecular complexity index is 407. The minimum Gasteiger partial charge on any atom is -0.390 e. The van der Waals surface area contributed by atoms with Crippen molar-refractivity contribution in [2.24, 2.45) is 0 Å². The fourth-order valence-corrected chi connectivity index (χ4v) is 2.48. The van der Waals surface area contributed by atoms with Gasteiger partial charge in [-0.05, 0) is 13.5 Å². The van der Waals surface area contributed by atoms with Crippen LogP contribution in [0.5, 0.6) is 0 Å². The van der Waals surface area contributed by atoms with Crippen LogP contribution in [0.1, 0.15) is 25.1 Å². The summed E-state index contributed by atoms with van der Waals surface area (Å²) in [5, 5.41) is 14.1. The summed E-state index contributed by atoms with van der Waals surface area (Å²) >= 11 is 0. The van der Waals surface area contributed by atoms with Gasteiger partial charge in [0, 0.05) is 32.6 Å². The molecule has 2 rings (SSSR count). The van der Waals surface area contributed by atoms with Gasteiger partial charge >= 0.3 is 0 Å². The van der Waals surface area contributed by atoms with Crippen LogP contribution in [0.25, 0.3) is 0 Å². The van der Waals surface area contributed by atoms with E-state index in [9.17, 15) is 5.11 Å². The van der Waals surface area contributed by atoms with Gasteiger partial charge in [0.2, 0.25) is 5.89 Å². The van der Waals surface area contributed by atoms with E-state index in [4.69, 9.17) is 9.26 Å². The van der Waals surface area contributed by atoms with Crippen molar-refractivity contribution in [3.05, 3.63) is 11.7 Å². The molecule has 0 amide bonds. The Hall–Kier alpha value is -1.02. The van der Waals surface area contributed by atoms with Crippen LogP contribution in [0.15, 0.2) is 4.52 Å². The van der Waals surface area contributed by atoms with Crippen LogP contribution >= 0.6 is 0 Å². The number of ether oxygens (including phenoxy) is 1. The van der Waals surface area contributed by atoms with E-state index in [1.54, 1.807) is 0 Å². The summed E-state index contributed by atoms with van der Waals surface area (Å²) in [5.41, 5.74) is 0. The molecule has 0 radical (unpaired) electrons. The van der Waals surface area contributed by atoms with Crippen LogP contribution < -0.4 is 0 Å². The second-order valence-electron chi connectivity index (χ2n) is 5.62. The average molecular weight is 298 g/mol. The molecule has 1 aromatic rings. The zero-order valence-electron chi connectivity index (χ0n) is 13.0. The zero-order chi connectivity index (χ0) is 15.1. The van der Waals surface area contributed by atoms with Crippen molar-refractivity contribution in [2.45, 2.75) is 32.4 Å². The average Bonchev–Trinajstić information content (AvgIpc) is 2.87. The van der Waals surface area contributed by atoms with Crippen molar-refractivity contribution >= 4 is 0 Å². The molecule has 2 heterocycles. The summed E-state index contributed by atoms with van der Waals surface area (Å²) < 4.78 is 10.5. The lowest BCUT2D eigenvalue weighted by Gasteiger charge is -2.29. The number of aryl methyl sites for hydroxylation is 1. The number of aromatic nitrogens is 2. The third-order valence-corrected chi connectivity index (χ3v) is 3.48. The lowest BCUT2D eigenvalue weighted by molar-refractivity contribution is 0.00808. The predicted octanol–water partition coefficient (Wildman–Crippen LogP) is 0.147. The predicted molar refractivity (Wildman–Crippen MR) is 77.9 cm³/mol. The minimum atomic E-state index is -0.380. The summed E-state index contributed by atoms with van der Waals surface area (Å²) in [6.07, 6.45) is 1.43. The third kappa shape index (κ3) is 5.70. The van der Waals surface area contributed by atoms with Gasteiger partial charge in [-0.2, -0.15) is 4.98 Å². The molecule has 0 aromatic carbocycles. The van der Waals surface area contributed by atoms with Gasteiger partial charge in [0.05, 0.1) is 25.9 Å². The fourth-order valence-electron chi connectivity index (χ4n) is 2.48. The number of nitrogens with zero attached hydrogens (tertiary/aromatic N) is 4. The van der Waals surface area contributed by atoms with Crippen LogP contribution in [-0.4, -0.2) is 77.6 Å². The standard InChI is InChI=1S/C14H26N4O3/c1-3-4-14-15-13(16-21-14)11-17(2)9-12(19)10-18-5-7-20-8-6-18/h12,19H,3-11H2,1-2H3. The van der Waals surface area contributed by atoms with Gasteiger partial charge in [0.15, 0.2) is 5.82 Å². The molecule has 0 aliphatic carbocycles. The molecule has 1 aromatic heterocycles. The Morgan fingerprint density at radius 1 is 1.38 bits per heavy atom. The van der Waals surface area contributed by atoms with Gasteiger partial charge in [-0.25, -0.2) is 0 Å². The van der Waals surface area contributed by atoms with Crippen molar-refractivity contribution in [3.8, 4) is 0 Å². The quantitative estimate of drug-likeness (QED) is 0.732. The number of rotatable bonds is 8. The SMILES string of the molecule is CCCc1nc(CN(C)CC(O)CN2CCOCC2)no1. The molecule has 1 fully saturated rings. The van der Waals surface area contributed by atoms with E-state index >= 15 is 0 Å². The lowest BCUT2D eigenvalue weighted by atomic mass is 10.3. The lowest BCUT2D eigenvalue weighted by Crippen LogP contribution is -2.44. The van der Waals surface area contributed by atoms with Crippen molar-refractivity contribution in [1.29, 1.82) is 0 Å². The molecule has 1 aliphatic heterocycles. The minimum absolute atomic E-state index is 0.380. The van der Waals surface area contributed by atoms with E-state index < -0.39 is 0 Å². The first kappa shape index (κ1) is 16.4. The zero-order valence-corrected chi connectivity index (χ0v) is 13.0. The highest BCUT2D eigenvalue weighted by atomic mass is 16.5. The Balaban J connectivity index is 1.70. The topological polar surface area (TPSA) is 74.9 Å². The molecule has 0 saturated carbocycles. The highest BCUT2D eigenvalue weighted by Gasteiger charge is 2.17. The highest BCUT2D eigenvalue weighted by Crippen LogP contribution is 2.05. The van der Waals surface area contributed by atoms with Crippen LogP contribution in [0.3, 0.4) is 0 Å².